The Morgan fingerprint density at radius 3 is 2.86 bits per heavy atom. The monoisotopic (exact) mass is 532 g/mol. The van der Waals surface area contributed by atoms with E-state index in [4.69, 9.17) is 4.42 Å². The van der Waals surface area contributed by atoms with E-state index in [1.54, 1.807) is 18.4 Å². The average Bonchev–Trinajstić information content (AvgIpc) is 3.36. The zero-order chi connectivity index (χ0) is 18.9. The molecule has 0 bridgehead atoms. The van der Waals surface area contributed by atoms with E-state index in [9.17, 15) is 8.42 Å². The van der Waals surface area contributed by atoms with Gasteiger partial charge in [-0.25, -0.2) is 13.4 Å². The van der Waals surface area contributed by atoms with Crippen molar-refractivity contribution in [3.8, 4) is 10.8 Å². The van der Waals surface area contributed by atoms with Crippen LogP contribution in [0, 0.1) is 0 Å². The van der Waals surface area contributed by atoms with Gasteiger partial charge in [-0.2, -0.15) is 0 Å². The summed E-state index contributed by atoms with van der Waals surface area (Å²) in [6.07, 6.45) is 0.603. The molecule has 3 heterocycles. The first-order chi connectivity index (χ1) is 13.0. The molecule has 2 N–H and O–H groups in total. The predicted molar refractivity (Wildman–Crippen MR) is 123 cm³/mol. The lowest BCUT2D eigenvalue weighted by Crippen LogP contribution is -2.43. The van der Waals surface area contributed by atoms with Crippen molar-refractivity contribution >= 4 is 61.3 Å². The third-order valence-corrected chi connectivity index (χ3v) is 7.21. The van der Waals surface area contributed by atoms with Crippen LogP contribution in [0.25, 0.3) is 21.0 Å². The zero-order valence-corrected chi connectivity index (χ0v) is 19.2. The van der Waals surface area contributed by atoms with Crippen LogP contribution >= 0.6 is 35.3 Å². The standard InChI is InChI=1S/C18H20N4O3S2.HI/c1-19-18(21-12-8-9-27(23,24)11-12)20-10-13-6-7-15(25-13)17-22-14-4-2-3-5-16(14)26-17;/h2-7,12H,8-11H2,1H3,(H2,19,20,21);1H. The second-order valence-electron chi connectivity index (χ2n) is 6.42. The summed E-state index contributed by atoms with van der Waals surface area (Å²) < 4.78 is 30.2. The van der Waals surface area contributed by atoms with Crippen LogP contribution in [0.15, 0.2) is 45.8 Å². The lowest BCUT2D eigenvalue weighted by molar-refractivity contribution is 0.512. The highest BCUT2D eigenvalue weighted by Crippen LogP contribution is 2.31. The number of halogens is 1. The summed E-state index contributed by atoms with van der Waals surface area (Å²) in [5.41, 5.74) is 0.963. The first-order valence-electron chi connectivity index (χ1n) is 8.65. The molecule has 7 nitrogen and oxygen atoms in total. The molecule has 1 fully saturated rings. The molecular formula is C18H21IN4O3S2. The van der Waals surface area contributed by atoms with E-state index < -0.39 is 9.84 Å². The minimum absolute atomic E-state index is 0. The first-order valence-corrected chi connectivity index (χ1v) is 11.3. The topological polar surface area (TPSA) is 96.6 Å². The van der Waals surface area contributed by atoms with Crippen LogP contribution in [0.2, 0.25) is 0 Å². The van der Waals surface area contributed by atoms with Crippen LogP contribution in [0.3, 0.4) is 0 Å². The molecule has 1 atom stereocenters. The van der Waals surface area contributed by atoms with E-state index in [0.29, 0.717) is 18.9 Å². The highest BCUT2D eigenvalue weighted by atomic mass is 127. The fourth-order valence-electron chi connectivity index (χ4n) is 3.03. The Hall–Kier alpha value is -1.66. The Labute approximate surface area is 184 Å². The molecule has 1 aliphatic rings. The number of nitrogens with one attached hydrogen (secondary N) is 2. The normalized spacial score (nSPS) is 18.8. The molecule has 1 aromatic carbocycles. The van der Waals surface area contributed by atoms with Crippen molar-refractivity contribution in [3.05, 3.63) is 42.2 Å². The van der Waals surface area contributed by atoms with Gasteiger partial charge in [-0.3, -0.25) is 4.99 Å². The van der Waals surface area contributed by atoms with Crippen molar-refractivity contribution in [3.63, 3.8) is 0 Å². The first kappa shape index (κ1) is 21.1. The Morgan fingerprint density at radius 1 is 1.32 bits per heavy atom. The van der Waals surface area contributed by atoms with E-state index in [1.807, 2.05) is 36.4 Å². The summed E-state index contributed by atoms with van der Waals surface area (Å²) in [6.45, 7) is 0.448. The minimum atomic E-state index is -2.92. The molecule has 3 aromatic rings. The number of thiazole rings is 1. The molecular weight excluding hydrogens is 511 g/mol. The van der Waals surface area contributed by atoms with Crippen molar-refractivity contribution in [2.24, 2.45) is 4.99 Å². The number of aliphatic imine (C=N–C) groups is 1. The number of guanidine groups is 1. The number of aromatic nitrogens is 1. The number of furan rings is 1. The Kier molecular flexibility index (Phi) is 6.61. The van der Waals surface area contributed by atoms with Gasteiger partial charge in [0.25, 0.3) is 0 Å². The van der Waals surface area contributed by atoms with Gasteiger partial charge in [0, 0.05) is 13.1 Å². The minimum Gasteiger partial charge on any atom is -0.457 e. The van der Waals surface area contributed by atoms with Gasteiger partial charge in [-0.05, 0) is 30.7 Å². The van der Waals surface area contributed by atoms with Crippen molar-refractivity contribution in [1.29, 1.82) is 0 Å². The van der Waals surface area contributed by atoms with Gasteiger partial charge in [-0.1, -0.05) is 12.1 Å². The van der Waals surface area contributed by atoms with E-state index in [-0.39, 0.29) is 41.5 Å². The number of rotatable bonds is 4. The highest BCUT2D eigenvalue weighted by Gasteiger charge is 2.28. The van der Waals surface area contributed by atoms with Gasteiger partial charge in [0.05, 0.1) is 28.3 Å². The van der Waals surface area contributed by atoms with Crippen LogP contribution < -0.4 is 10.6 Å². The van der Waals surface area contributed by atoms with Gasteiger partial charge < -0.3 is 15.1 Å². The van der Waals surface area contributed by atoms with Crippen molar-refractivity contribution < 1.29 is 12.8 Å². The molecule has 2 aromatic heterocycles. The van der Waals surface area contributed by atoms with Gasteiger partial charge in [0.1, 0.15) is 5.76 Å². The van der Waals surface area contributed by atoms with E-state index in [1.165, 1.54) is 0 Å². The molecule has 0 saturated carbocycles. The van der Waals surface area contributed by atoms with Crippen molar-refractivity contribution in [2.45, 2.75) is 19.0 Å². The number of hydrogen-bond acceptors (Lipinski definition) is 6. The van der Waals surface area contributed by atoms with Crippen molar-refractivity contribution in [2.75, 3.05) is 18.6 Å². The molecule has 0 amide bonds. The molecule has 0 radical (unpaired) electrons. The number of para-hydroxylation sites is 1. The summed E-state index contributed by atoms with van der Waals surface area (Å²) in [5, 5.41) is 7.17. The van der Waals surface area contributed by atoms with Crippen LogP contribution in [-0.4, -0.2) is 44.0 Å². The van der Waals surface area contributed by atoms with Gasteiger partial charge in [0.2, 0.25) is 0 Å². The number of nitrogens with zero attached hydrogens (tertiary/aromatic N) is 2. The predicted octanol–water partition coefficient (Wildman–Crippen LogP) is 3.03. The smallest absolute Gasteiger partial charge is 0.191 e. The Balaban J connectivity index is 0.00000225. The number of sulfone groups is 1. The molecule has 1 saturated heterocycles. The Bertz CT molecular complexity index is 1060. The summed E-state index contributed by atoms with van der Waals surface area (Å²) in [7, 11) is -1.26. The Morgan fingerprint density at radius 2 is 2.14 bits per heavy atom. The lowest BCUT2D eigenvalue weighted by atomic mass is 10.3. The second kappa shape index (κ2) is 8.78. The molecule has 150 valence electrons. The van der Waals surface area contributed by atoms with E-state index in [0.717, 1.165) is 26.7 Å². The number of fused-ring (bicyclic) bond motifs is 1. The maximum atomic E-state index is 11.6. The van der Waals surface area contributed by atoms with Gasteiger partial charge in [0.15, 0.2) is 26.6 Å². The SMILES string of the molecule is CN=C(NCc1ccc(-c2nc3ccccc3s2)o1)NC1CCS(=O)(=O)C1.I. The maximum Gasteiger partial charge on any atom is 0.191 e. The fraction of sp³-hybridized carbons (Fsp3) is 0.333. The molecule has 1 unspecified atom stereocenters. The molecule has 0 spiro atoms. The molecule has 10 heteroatoms. The summed E-state index contributed by atoms with van der Waals surface area (Å²) in [4.78, 5) is 8.76. The summed E-state index contributed by atoms with van der Waals surface area (Å²) >= 11 is 1.60. The third-order valence-electron chi connectivity index (χ3n) is 4.39. The third kappa shape index (κ3) is 4.84. The van der Waals surface area contributed by atoms with E-state index in [2.05, 4.69) is 20.6 Å². The van der Waals surface area contributed by atoms with Crippen LogP contribution in [0.1, 0.15) is 12.2 Å². The summed E-state index contributed by atoms with van der Waals surface area (Å²) in [5.74, 6) is 2.43. The molecule has 0 aliphatic carbocycles. The number of hydrogen-bond donors (Lipinski definition) is 2. The second-order valence-corrected chi connectivity index (χ2v) is 9.68. The number of benzene rings is 1. The quantitative estimate of drug-likeness (QED) is 0.305. The zero-order valence-electron chi connectivity index (χ0n) is 15.2. The summed E-state index contributed by atoms with van der Waals surface area (Å²) in [6, 6.07) is 11.7. The molecule has 1 aliphatic heterocycles. The van der Waals surface area contributed by atoms with Crippen LogP contribution in [0.5, 0.6) is 0 Å². The fourth-order valence-corrected chi connectivity index (χ4v) is 5.63. The van der Waals surface area contributed by atoms with Crippen LogP contribution in [0.4, 0.5) is 0 Å². The van der Waals surface area contributed by atoms with E-state index >= 15 is 0 Å². The van der Waals surface area contributed by atoms with Crippen molar-refractivity contribution in [1.82, 2.24) is 15.6 Å². The van der Waals surface area contributed by atoms with Gasteiger partial charge >= 0.3 is 0 Å². The van der Waals surface area contributed by atoms with Gasteiger partial charge in [-0.15, -0.1) is 35.3 Å². The highest BCUT2D eigenvalue weighted by molar-refractivity contribution is 14.0. The largest absolute Gasteiger partial charge is 0.457 e. The molecule has 4 rings (SSSR count). The maximum absolute atomic E-state index is 11.6. The molecule has 28 heavy (non-hydrogen) atoms. The average molecular weight is 532 g/mol. The lowest BCUT2D eigenvalue weighted by Gasteiger charge is -2.15. The van der Waals surface area contributed by atoms with Crippen LogP contribution in [-0.2, 0) is 16.4 Å².